The summed E-state index contributed by atoms with van der Waals surface area (Å²) in [4.78, 5) is 11.5. The molecule has 0 saturated carbocycles. The number of hydrazone groups is 1. The third-order valence-corrected chi connectivity index (χ3v) is 4.04. The van der Waals surface area contributed by atoms with Crippen LogP contribution in [-0.2, 0) is 16.1 Å². The van der Waals surface area contributed by atoms with E-state index in [9.17, 15) is 4.79 Å². The van der Waals surface area contributed by atoms with E-state index in [0.717, 1.165) is 30.0 Å². The fourth-order valence-corrected chi connectivity index (χ4v) is 2.55. The molecule has 136 valence electrons. The maximum atomic E-state index is 11.5. The number of esters is 1. The molecule has 0 atom stereocenters. The molecule has 6 heteroatoms. The minimum absolute atomic E-state index is 0.345. The van der Waals surface area contributed by atoms with Gasteiger partial charge in [0.2, 0.25) is 0 Å². The Hall–Kier alpha value is -2.86. The smallest absolute Gasteiger partial charge is 0.337 e. The fraction of sp³-hybridized carbons (Fsp3) is 0.300. The van der Waals surface area contributed by atoms with Crippen LogP contribution in [0, 0.1) is 0 Å². The van der Waals surface area contributed by atoms with Crippen molar-refractivity contribution in [3.05, 3.63) is 65.2 Å². The van der Waals surface area contributed by atoms with E-state index >= 15 is 0 Å². The normalized spacial score (nSPS) is 14.4. The van der Waals surface area contributed by atoms with Gasteiger partial charge in [0.1, 0.15) is 12.4 Å². The number of hydrogen-bond donors (Lipinski definition) is 0. The minimum Gasteiger partial charge on any atom is -0.488 e. The summed E-state index contributed by atoms with van der Waals surface area (Å²) < 4.78 is 16.0. The highest BCUT2D eigenvalue weighted by atomic mass is 16.5. The lowest BCUT2D eigenvalue weighted by Crippen LogP contribution is -2.32. The van der Waals surface area contributed by atoms with Gasteiger partial charge in [-0.1, -0.05) is 24.3 Å². The molecule has 0 bridgehead atoms. The van der Waals surface area contributed by atoms with Crippen molar-refractivity contribution in [1.82, 2.24) is 5.01 Å². The highest BCUT2D eigenvalue weighted by Crippen LogP contribution is 2.18. The quantitative estimate of drug-likeness (QED) is 0.590. The number of carbonyl (C=O) groups excluding carboxylic acids is 1. The first-order chi connectivity index (χ1) is 12.8. The second kappa shape index (κ2) is 9.01. The van der Waals surface area contributed by atoms with E-state index in [-0.39, 0.29) is 5.97 Å². The molecular weight excluding hydrogens is 332 g/mol. The van der Waals surface area contributed by atoms with Crippen LogP contribution in [-0.4, -0.2) is 50.6 Å². The largest absolute Gasteiger partial charge is 0.488 e. The van der Waals surface area contributed by atoms with Crippen molar-refractivity contribution in [1.29, 1.82) is 0 Å². The van der Waals surface area contributed by atoms with Crippen LogP contribution in [0.1, 0.15) is 21.5 Å². The number of para-hydroxylation sites is 1. The average Bonchev–Trinajstić information content (AvgIpc) is 2.72. The van der Waals surface area contributed by atoms with E-state index < -0.39 is 0 Å². The minimum atomic E-state index is -0.345. The van der Waals surface area contributed by atoms with Gasteiger partial charge in [0.05, 0.1) is 45.2 Å². The molecule has 0 aromatic heterocycles. The van der Waals surface area contributed by atoms with E-state index in [0.29, 0.717) is 25.4 Å². The van der Waals surface area contributed by atoms with Crippen molar-refractivity contribution in [2.24, 2.45) is 5.10 Å². The van der Waals surface area contributed by atoms with Gasteiger partial charge < -0.3 is 14.2 Å². The van der Waals surface area contributed by atoms with E-state index in [1.165, 1.54) is 7.11 Å². The van der Waals surface area contributed by atoms with Gasteiger partial charge in [-0.15, -0.1) is 0 Å². The predicted octanol–water partition coefficient (Wildman–Crippen LogP) is 2.72. The van der Waals surface area contributed by atoms with E-state index in [1.807, 2.05) is 47.6 Å². The summed E-state index contributed by atoms with van der Waals surface area (Å²) in [7, 11) is 1.37. The van der Waals surface area contributed by atoms with Gasteiger partial charge in [0, 0.05) is 5.56 Å². The van der Waals surface area contributed by atoms with Crippen LogP contribution in [0.5, 0.6) is 5.75 Å². The summed E-state index contributed by atoms with van der Waals surface area (Å²) >= 11 is 0. The molecule has 1 saturated heterocycles. The lowest BCUT2D eigenvalue weighted by atomic mass is 10.1. The van der Waals surface area contributed by atoms with Crippen molar-refractivity contribution in [2.45, 2.75) is 6.61 Å². The van der Waals surface area contributed by atoms with Crippen molar-refractivity contribution >= 4 is 12.2 Å². The molecule has 0 radical (unpaired) electrons. The summed E-state index contributed by atoms with van der Waals surface area (Å²) in [6.45, 7) is 3.41. The van der Waals surface area contributed by atoms with Crippen LogP contribution in [0.3, 0.4) is 0 Å². The van der Waals surface area contributed by atoms with Gasteiger partial charge in [0.25, 0.3) is 0 Å². The first-order valence-electron chi connectivity index (χ1n) is 8.52. The Morgan fingerprint density at radius 1 is 1.15 bits per heavy atom. The van der Waals surface area contributed by atoms with E-state index in [2.05, 4.69) is 5.10 Å². The van der Waals surface area contributed by atoms with Gasteiger partial charge in [-0.3, -0.25) is 5.01 Å². The van der Waals surface area contributed by atoms with Crippen LogP contribution >= 0.6 is 0 Å². The first-order valence-corrected chi connectivity index (χ1v) is 8.52. The Morgan fingerprint density at radius 3 is 2.62 bits per heavy atom. The van der Waals surface area contributed by atoms with Crippen LogP contribution in [0.15, 0.2) is 53.6 Å². The highest BCUT2D eigenvalue weighted by molar-refractivity contribution is 5.89. The van der Waals surface area contributed by atoms with Crippen molar-refractivity contribution in [3.63, 3.8) is 0 Å². The molecular formula is C20H22N2O4. The summed E-state index contributed by atoms with van der Waals surface area (Å²) in [5.41, 5.74) is 2.41. The molecule has 0 amide bonds. The SMILES string of the molecule is COC(=O)c1ccc(COc2ccccc2/C=N\N2CCOCC2)cc1. The number of methoxy groups -OCH3 is 1. The second-order valence-corrected chi connectivity index (χ2v) is 5.83. The van der Waals surface area contributed by atoms with Crippen LogP contribution < -0.4 is 4.74 Å². The zero-order valence-corrected chi connectivity index (χ0v) is 14.8. The zero-order chi connectivity index (χ0) is 18.2. The molecule has 1 heterocycles. The lowest BCUT2D eigenvalue weighted by molar-refractivity contribution is 0.0396. The molecule has 6 nitrogen and oxygen atoms in total. The standard InChI is InChI=1S/C20H22N2O4/c1-24-20(23)17-8-6-16(7-9-17)15-26-19-5-3-2-4-18(19)14-21-22-10-12-25-13-11-22/h2-9,14H,10-13,15H2,1H3/b21-14-. The Morgan fingerprint density at radius 2 is 1.88 bits per heavy atom. The van der Waals surface area contributed by atoms with Crippen LogP contribution in [0.2, 0.25) is 0 Å². The van der Waals surface area contributed by atoms with E-state index in [1.54, 1.807) is 12.1 Å². The molecule has 0 spiro atoms. The number of hydrogen-bond acceptors (Lipinski definition) is 6. The molecule has 1 aliphatic heterocycles. The molecule has 1 aliphatic rings. The molecule has 2 aromatic rings. The molecule has 26 heavy (non-hydrogen) atoms. The number of benzene rings is 2. The van der Waals surface area contributed by atoms with Gasteiger partial charge in [-0.25, -0.2) is 4.79 Å². The third-order valence-electron chi connectivity index (χ3n) is 4.04. The zero-order valence-electron chi connectivity index (χ0n) is 14.8. The maximum Gasteiger partial charge on any atom is 0.337 e. The highest BCUT2D eigenvalue weighted by Gasteiger charge is 2.08. The molecule has 2 aromatic carbocycles. The second-order valence-electron chi connectivity index (χ2n) is 5.83. The summed E-state index contributed by atoms with van der Waals surface area (Å²) in [5.74, 6) is 0.420. The predicted molar refractivity (Wildman–Crippen MR) is 98.5 cm³/mol. The summed E-state index contributed by atoms with van der Waals surface area (Å²) in [6.07, 6.45) is 1.82. The molecule has 3 rings (SSSR count). The summed E-state index contributed by atoms with van der Waals surface area (Å²) in [5, 5.41) is 6.50. The molecule has 0 N–H and O–H groups in total. The van der Waals surface area contributed by atoms with Crippen LogP contribution in [0.4, 0.5) is 0 Å². The number of rotatable bonds is 6. The van der Waals surface area contributed by atoms with Crippen molar-refractivity contribution in [2.75, 3.05) is 33.4 Å². The monoisotopic (exact) mass is 354 g/mol. The van der Waals surface area contributed by atoms with Crippen molar-refractivity contribution < 1.29 is 19.0 Å². The third kappa shape index (κ3) is 4.83. The number of nitrogens with zero attached hydrogens (tertiary/aromatic N) is 2. The average molecular weight is 354 g/mol. The maximum absolute atomic E-state index is 11.5. The lowest BCUT2D eigenvalue weighted by Gasteiger charge is -2.23. The number of ether oxygens (including phenoxy) is 3. The first kappa shape index (κ1) is 17.9. The number of carbonyl (C=O) groups is 1. The van der Waals surface area contributed by atoms with E-state index in [4.69, 9.17) is 14.2 Å². The van der Waals surface area contributed by atoms with Gasteiger partial charge in [0.15, 0.2) is 0 Å². The Labute approximate surface area is 153 Å². The topological polar surface area (TPSA) is 60.4 Å². The Kier molecular flexibility index (Phi) is 6.22. The number of morpholine rings is 1. The Bertz CT molecular complexity index is 753. The van der Waals surface area contributed by atoms with Gasteiger partial charge in [-0.2, -0.15) is 5.10 Å². The van der Waals surface area contributed by atoms with Gasteiger partial charge >= 0.3 is 5.97 Å². The molecule has 0 unspecified atom stereocenters. The van der Waals surface area contributed by atoms with Crippen LogP contribution in [0.25, 0.3) is 0 Å². The Balaban J connectivity index is 1.62. The summed E-state index contributed by atoms with van der Waals surface area (Å²) in [6, 6.07) is 15.0. The molecule has 0 aliphatic carbocycles. The van der Waals surface area contributed by atoms with Gasteiger partial charge in [-0.05, 0) is 29.8 Å². The molecule has 1 fully saturated rings. The fourth-order valence-electron chi connectivity index (χ4n) is 2.55. The van der Waals surface area contributed by atoms with Crippen molar-refractivity contribution in [3.8, 4) is 5.75 Å².